The minimum Gasteiger partial charge on any atom is -0.393 e. The van der Waals surface area contributed by atoms with Crippen LogP contribution in [0, 0.1) is 40.4 Å². The van der Waals surface area contributed by atoms with Gasteiger partial charge in [0.2, 0.25) is 0 Å². The molecular weight excluding hydrogens is 300 g/mol. The number of aliphatic hydroxyl groups excluding tert-OH is 3. The minimum absolute atomic E-state index is 0.00568. The predicted molar refractivity (Wildman–Crippen MR) is 94.3 cm³/mol. The average Bonchev–Trinajstić information content (AvgIpc) is 2.88. The van der Waals surface area contributed by atoms with Crippen LogP contribution in [-0.4, -0.2) is 33.6 Å². The van der Waals surface area contributed by atoms with Crippen LogP contribution in [0.4, 0.5) is 0 Å². The first-order valence-corrected chi connectivity index (χ1v) is 10.4. The van der Waals surface area contributed by atoms with E-state index in [0.717, 1.165) is 38.5 Å². The van der Waals surface area contributed by atoms with E-state index in [1.165, 1.54) is 12.8 Å². The zero-order valence-electron chi connectivity index (χ0n) is 15.6. The molecule has 10 atom stereocenters. The largest absolute Gasteiger partial charge is 0.393 e. The van der Waals surface area contributed by atoms with E-state index in [0.29, 0.717) is 29.6 Å². The van der Waals surface area contributed by atoms with Gasteiger partial charge in [-0.3, -0.25) is 0 Å². The molecule has 0 unspecified atom stereocenters. The van der Waals surface area contributed by atoms with Crippen LogP contribution in [0.15, 0.2) is 0 Å². The second kappa shape index (κ2) is 5.69. The Bertz CT molecular complexity index is 493. The zero-order valence-corrected chi connectivity index (χ0v) is 15.6. The van der Waals surface area contributed by atoms with Gasteiger partial charge in [-0.25, -0.2) is 0 Å². The molecule has 4 aliphatic carbocycles. The molecule has 0 bridgehead atoms. The predicted octanol–water partition coefficient (Wildman–Crippen LogP) is 3.36. The molecule has 0 heterocycles. The van der Waals surface area contributed by atoms with E-state index in [4.69, 9.17) is 0 Å². The van der Waals surface area contributed by atoms with E-state index in [-0.39, 0.29) is 29.1 Å². The van der Waals surface area contributed by atoms with E-state index >= 15 is 0 Å². The van der Waals surface area contributed by atoms with Gasteiger partial charge >= 0.3 is 0 Å². The van der Waals surface area contributed by atoms with Crippen molar-refractivity contribution >= 4 is 0 Å². The van der Waals surface area contributed by atoms with Crippen LogP contribution in [0.5, 0.6) is 0 Å². The third-order valence-corrected chi connectivity index (χ3v) is 9.44. The minimum atomic E-state index is -0.245. The third kappa shape index (κ3) is 2.13. The van der Waals surface area contributed by atoms with E-state index in [2.05, 4.69) is 20.8 Å². The lowest BCUT2D eigenvalue weighted by Crippen LogP contribution is -2.62. The van der Waals surface area contributed by atoms with Crippen LogP contribution in [-0.2, 0) is 0 Å². The molecule has 24 heavy (non-hydrogen) atoms. The van der Waals surface area contributed by atoms with Gasteiger partial charge in [0.15, 0.2) is 0 Å². The first-order valence-electron chi connectivity index (χ1n) is 10.4. The Balaban J connectivity index is 1.70. The molecular formula is C21H36O3. The highest BCUT2D eigenvalue weighted by atomic mass is 16.3. The van der Waals surface area contributed by atoms with Gasteiger partial charge in [0, 0.05) is 0 Å². The number of aliphatic hydroxyl groups is 3. The van der Waals surface area contributed by atoms with Gasteiger partial charge in [0.25, 0.3) is 0 Å². The Morgan fingerprint density at radius 3 is 2.38 bits per heavy atom. The van der Waals surface area contributed by atoms with Crippen LogP contribution in [0.2, 0.25) is 0 Å². The van der Waals surface area contributed by atoms with Gasteiger partial charge in [0.05, 0.1) is 18.3 Å². The Labute approximate surface area is 146 Å². The summed E-state index contributed by atoms with van der Waals surface area (Å²) in [5.74, 6) is 2.26. The molecule has 4 saturated carbocycles. The van der Waals surface area contributed by atoms with Crippen LogP contribution in [0.3, 0.4) is 0 Å². The van der Waals surface area contributed by atoms with Crippen LogP contribution in [0.25, 0.3) is 0 Å². The maximum Gasteiger partial charge on any atom is 0.0602 e. The van der Waals surface area contributed by atoms with Gasteiger partial charge in [-0.15, -0.1) is 0 Å². The second-order valence-corrected chi connectivity index (χ2v) is 10.0. The zero-order chi connectivity index (χ0) is 17.3. The molecule has 3 nitrogen and oxygen atoms in total. The number of hydrogen-bond acceptors (Lipinski definition) is 3. The van der Waals surface area contributed by atoms with Crippen molar-refractivity contribution in [1.82, 2.24) is 0 Å². The second-order valence-electron chi connectivity index (χ2n) is 10.0. The monoisotopic (exact) mass is 336 g/mol. The molecule has 0 aliphatic heterocycles. The summed E-state index contributed by atoms with van der Waals surface area (Å²) in [6.45, 7) is 6.97. The first kappa shape index (κ1) is 17.3. The highest BCUT2D eigenvalue weighted by molar-refractivity contribution is 5.13. The first-order chi connectivity index (χ1) is 11.3. The fourth-order valence-electron chi connectivity index (χ4n) is 7.95. The summed E-state index contributed by atoms with van der Waals surface area (Å²) in [6, 6.07) is 0. The molecule has 3 heteroatoms. The molecule has 0 aromatic carbocycles. The highest BCUT2D eigenvalue weighted by Crippen LogP contribution is 2.67. The summed E-state index contributed by atoms with van der Waals surface area (Å²) in [5, 5.41) is 32.4. The van der Waals surface area contributed by atoms with E-state index in [1.54, 1.807) is 0 Å². The van der Waals surface area contributed by atoms with Crippen molar-refractivity contribution < 1.29 is 15.3 Å². The molecule has 0 amide bonds. The fourth-order valence-corrected chi connectivity index (χ4v) is 7.95. The molecule has 4 fully saturated rings. The molecule has 0 radical (unpaired) electrons. The Kier molecular flexibility index (Phi) is 4.10. The molecule has 0 saturated heterocycles. The summed E-state index contributed by atoms with van der Waals surface area (Å²) < 4.78 is 0. The lowest BCUT2D eigenvalue weighted by molar-refractivity contribution is -0.204. The summed E-state index contributed by atoms with van der Waals surface area (Å²) in [4.78, 5) is 0. The van der Waals surface area contributed by atoms with Crippen molar-refractivity contribution in [3.63, 3.8) is 0 Å². The van der Waals surface area contributed by atoms with Crippen molar-refractivity contribution in [1.29, 1.82) is 0 Å². The van der Waals surface area contributed by atoms with Gasteiger partial charge in [-0.1, -0.05) is 27.2 Å². The van der Waals surface area contributed by atoms with Crippen molar-refractivity contribution in [2.45, 2.75) is 90.4 Å². The number of fused-ring (bicyclic) bond motifs is 5. The lowest BCUT2D eigenvalue weighted by Gasteiger charge is -2.63. The summed E-state index contributed by atoms with van der Waals surface area (Å²) in [5.41, 5.74) is 0.185. The van der Waals surface area contributed by atoms with Gasteiger partial charge in [-0.05, 0) is 85.4 Å². The molecule has 0 aromatic heterocycles. The summed E-state index contributed by atoms with van der Waals surface area (Å²) >= 11 is 0. The topological polar surface area (TPSA) is 60.7 Å². The Morgan fingerprint density at radius 1 is 0.917 bits per heavy atom. The standard InChI is InChI=1S/C21H36O3/c1-4-12-5-6-15-19-16(11-18(24)21(12,15)3)20(2)8-7-14(22)9-13(20)10-17(19)23/h12-19,22-24H,4-11H2,1-3H3/t12-,13-,14+,15-,16-,17+,18-,19-,20-,21+/m0/s1. The molecule has 0 aromatic rings. The molecule has 0 spiro atoms. The van der Waals surface area contributed by atoms with E-state index in [9.17, 15) is 15.3 Å². The van der Waals surface area contributed by atoms with Crippen molar-refractivity contribution in [3.8, 4) is 0 Å². The quantitative estimate of drug-likeness (QED) is 0.688. The molecule has 4 rings (SSSR count). The van der Waals surface area contributed by atoms with Crippen LogP contribution in [0.1, 0.15) is 72.1 Å². The summed E-state index contributed by atoms with van der Waals surface area (Å²) in [7, 11) is 0. The van der Waals surface area contributed by atoms with Gasteiger partial charge < -0.3 is 15.3 Å². The SMILES string of the molecule is CC[C@H]1CC[C@H]2[C@@H]3[C@H](O)C[C@@H]4C[C@H](O)CC[C@]4(C)[C@H]3C[C@H](O)[C@]12C. The lowest BCUT2D eigenvalue weighted by atomic mass is 9.43. The molecule has 3 N–H and O–H groups in total. The van der Waals surface area contributed by atoms with Crippen LogP contribution >= 0.6 is 0 Å². The molecule has 138 valence electrons. The third-order valence-electron chi connectivity index (χ3n) is 9.44. The smallest absolute Gasteiger partial charge is 0.0602 e. The van der Waals surface area contributed by atoms with Gasteiger partial charge in [-0.2, -0.15) is 0 Å². The van der Waals surface area contributed by atoms with Crippen molar-refractivity contribution in [3.05, 3.63) is 0 Å². The fraction of sp³-hybridized carbons (Fsp3) is 1.00. The number of rotatable bonds is 1. The summed E-state index contributed by atoms with van der Waals surface area (Å²) in [6.07, 6.45) is 7.36. The highest BCUT2D eigenvalue weighted by Gasteiger charge is 2.64. The van der Waals surface area contributed by atoms with Gasteiger partial charge in [0.1, 0.15) is 0 Å². The average molecular weight is 337 g/mol. The maximum atomic E-state index is 11.2. The molecule has 4 aliphatic rings. The van der Waals surface area contributed by atoms with Crippen molar-refractivity contribution in [2.75, 3.05) is 0 Å². The normalized spacial score (nSPS) is 60.2. The Hall–Kier alpha value is -0.120. The number of hydrogen-bond donors (Lipinski definition) is 3. The van der Waals surface area contributed by atoms with Crippen LogP contribution < -0.4 is 0 Å². The van der Waals surface area contributed by atoms with E-state index < -0.39 is 0 Å². The Morgan fingerprint density at radius 2 is 1.67 bits per heavy atom. The van der Waals surface area contributed by atoms with E-state index in [1.807, 2.05) is 0 Å². The maximum absolute atomic E-state index is 11.2. The van der Waals surface area contributed by atoms with Crippen molar-refractivity contribution in [2.24, 2.45) is 40.4 Å².